The number of nitrogens with zero attached hydrogens (tertiary/aromatic N) is 1. The largest absolute Gasteiger partial charge is 0.481 e. The van der Waals surface area contributed by atoms with Crippen molar-refractivity contribution in [1.29, 1.82) is 0 Å². The van der Waals surface area contributed by atoms with Crippen molar-refractivity contribution in [3.8, 4) is 0 Å². The second-order valence-electron chi connectivity index (χ2n) is 7.16. The van der Waals surface area contributed by atoms with E-state index in [1.165, 1.54) is 19.3 Å². The van der Waals surface area contributed by atoms with Crippen LogP contribution in [0, 0.1) is 11.3 Å². The molecule has 0 aromatic heterocycles. The molecule has 21 heavy (non-hydrogen) atoms. The second-order valence-corrected chi connectivity index (χ2v) is 7.16. The predicted octanol–water partition coefficient (Wildman–Crippen LogP) is 1.87. The number of piperidine rings is 1. The van der Waals surface area contributed by atoms with E-state index in [4.69, 9.17) is 5.11 Å². The third-order valence-corrected chi connectivity index (χ3v) is 5.20. The van der Waals surface area contributed by atoms with E-state index in [0.717, 1.165) is 6.42 Å². The lowest BCUT2D eigenvalue weighted by Gasteiger charge is -2.39. The smallest absolute Gasteiger partial charge is 0.306 e. The lowest BCUT2D eigenvalue weighted by molar-refractivity contribution is -0.145. The van der Waals surface area contributed by atoms with Gasteiger partial charge < -0.3 is 15.3 Å². The normalized spacial score (nSPS) is 26.6. The zero-order valence-electron chi connectivity index (χ0n) is 13.2. The van der Waals surface area contributed by atoms with E-state index in [2.05, 4.69) is 19.2 Å². The fraction of sp³-hybridized carbons (Fsp3) is 0.875. The van der Waals surface area contributed by atoms with Crippen LogP contribution in [-0.4, -0.2) is 47.6 Å². The van der Waals surface area contributed by atoms with Crippen LogP contribution in [0.2, 0.25) is 0 Å². The van der Waals surface area contributed by atoms with Gasteiger partial charge in [0, 0.05) is 19.1 Å². The molecule has 1 saturated heterocycles. The molecule has 1 heterocycles. The molecule has 1 saturated carbocycles. The summed E-state index contributed by atoms with van der Waals surface area (Å²) >= 11 is 0. The number of amides is 1. The van der Waals surface area contributed by atoms with Gasteiger partial charge in [-0.15, -0.1) is 0 Å². The van der Waals surface area contributed by atoms with E-state index < -0.39 is 5.97 Å². The Morgan fingerprint density at radius 2 is 1.86 bits per heavy atom. The Hall–Kier alpha value is -1.10. The standard InChI is InChI=1S/C16H28N2O3/c1-16(2)8-4-3-5-13(16)17-11-14(19)18-9-6-12(7-10-18)15(20)21/h12-13,17H,3-11H2,1-2H3,(H,20,21)/t13-/m1/s1. The van der Waals surface area contributed by atoms with Crippen LogP contribution in [0.5, 0.6) is 0 Å². The number of hydrogen-bond donors (Lipinski definition) is 2. The first-order chi connectivity index (χ1) is 9.90. The third kappa shape index (κ3) is 4.19. The van der Waals surface area contributed by atoms with Crippen LogP contribution in [0.25, 0.3) is 0 Å². The summed E-state index contributed by atoms with van der Waals surface area (Å²) in [6, 6.07) is 0.409. The van der Waals surface area contributed by atoms with Gasteiger partial charge in [-0.2, -0.15) is 0 Å². The topological polar surface area (TPSA) is 69.6 Å². The fourth-order valence-corrected chi connectivity index (χ4v) is 3.57. The molecular weight excluding hydrogens is 268 g/mol. The summed E-state index contributed by atoms with van der Waals surface area (Å²) in [5, 5.41) is 12.4. The number of aliphatic carboxylic acids is 1. The molecule has 2 rings (SSSR count). The SMILES string of the molecule is CC1(C)CCCC[C@H]1NCC(=O)N1CCC(C(=O)O)CC1. The number of carboxylic acid groups (broad SMARTS) is 1. The zero-order chi connectivity index (χ0) is 15.5. The Kier molecular flexibility index (Phi) is 5.25. The van der Waals surface area contributed by atoms with E-state index in [1.807, 2.05) is 4.90 Å². The van der Waals surface area contributed by atoms with Crippen LogP contribution in [0.1, 0.15) is 52.4 Å². The molecule has 1 aliphatic carbocycles. The van der Waals surface area contributed by atoms with Gasteiger partial charge in [0.2, 0.25) is 5.91 Å². The van der Waals surface area contributed by atoms with Crippen LogP contribution < -0.4 is 5.32 Å². The number of carbonyl (C=O) groups is 2. The van der Waals surface area contributed by atoms with Gasteiger partial charge in [-0.1, -0.05) is 26.7 Å². The highest BCUT2D eigenvalue weighted by molar-refractivity contribution is 5.79. The van der Waals surface area contributed by atoms with Crippen molar-refractivity contribution in [1.82, 2.24) is 10.2 Å². The van der Waals surface area contributed by atoms with Gasteiger partial charge in [0.05, 0.1) is 12.5 Å². The molecule has 2 aliphatic rings. The number of carbonyl (C=O) groups excluding carboxylic acids is 1. The summed E-state index contributed by atoms with van der Waals surface area (Å²) in [6.45, 7) is 6.07. The fourth-order valence-electron chi connectivity index (χ4n) is 3.57. The molecule has 0 aromatic rings. The summed E-state index contributed by atoms with van der Waals surface area (Å²) in [7, 11) is 0. The first kappa shape index (κ1) is 16.3. The predicted molar refractivity (Wildman–Crippen MR) is 81.0 cm³/mol. The Morgan fingerprint density at radius 3 is 2.43 bits per heavy atom. The molecule has 2 fully saturated rings. The Balaban J connectivity index is 1.76. The van der Waals surface area contributed by atoms with Crippen molar-refractivity contribution in [2.45, 2.75) is 58.4 Å². The zero-order valence-corrected chi connectivity index (χ0v) is 13.2. The molecule has 1 atom stereocenters. The average molecular weight is 296 g/mol. The molecule has 0 radical (unpaired) electrons. The number of carboxylic acids is 1. The van der Waals surface area contributed by atoms with Crippen LogP contribution in [-0.2, 0) is 9.59 Å². The number of nitrogens with one attached hydrogen (secondary N) is 1. The highest BCUT2D eigenvalue weighted by Crippen LogP contribution is 2.35. The molecule has 2 N–H and O–H groups in total. The van der Waals surface area contributed by atoms with Gasteiger partial charge in [-0.05, 0) is 31.1 Å². The van der Waals surface area contributed by atoms with Gasteiger partial charge in [-0.3, -0.25) is 9.59 Å². The Bertz CT molecular complexity index is 387. The minimum Gasteiger partial charge on any atom is -0.481 e. The van der Waals surface area contributed by atoms with Crippen LogP contribution >= 0.6 is 0 Å². The summed E-state index contributed by atoms with van der Waals surface area (Å²) in [4.78, 5) is 25.0. The molecule has 0 spiro atoms. The minimum atomic E-state index is -0.732. The molecule has 0 aromatic carbocycles. The van der Waals surface area contributed by atoms with Crippen LogP contribution in [0.15, 0.2) is 0 Å². The third-order valence-electron chi connectivity index (χ3n) is 5.20. The van der Waals surface area contributed by atoms with E-state index in [0.29, 0.717) is 38.5 Å². The lowest BCUT2D eigenvalue weighted by atomic mass is 9.73. The van der Waals surface area contributed by atoms with Crippen molar-refractivity contribution in [3.05, 3.63) is 0 Å². The van der Waals surface area contributed by atoms with E-state index in [1.54, 1.807) is 0 Å². The van der Waals surface area contributed by atoms with E-state index >= 15 is 0 Å². The van der Waals surface area contributed by atoms with Gasteiger partial charge in [0.1, 0.15) is 0 Å². The van der Waals surface area contributed by atoms with Crippen molar-refractivity contribution in [2.75, 3.05) is 19.6 Å². The van der Waals surface area contributed by atoms with Gasteiger partial charge >= 0.3 is 5.97 Å². The number of likely N-dealkylation sites (tertiary alicyclic amines) is 1. The van der Waals surface area contributed by atoms with Gasteiger partial charge in [0.15, 0.2) is 0 Å². The molecule has 5 heteroatoms. The monoisotopic (exact) mass is 296 g/mol. The van der Waals surface area contributed by atoms with Gasteiger partial charge in [0.25, 0.3) is 0 Å². The highest BCUT2D eigenvalue weighted by atomic mass is 16.4. The first-order valence-corrected chi connectivity index (χ1v) is 8.14. The maximum atomic E-state index is 12.2. The molecule has 1 aliphatic heterocycles. The average Bonchev–Trinajstić information content (AvgIpc) is 2.45. The van der Waals surface area contributed by atoms with Crippen molar-refractivity contribution >= 4 is 11.9 Å². The highest BCUT2D eigenvalue weighted by Gasteiger charge is 2.33. The molecule has 0 unspecified atom stereocenters. The summed E-state index contributed by atoms with van der Waals surface area (Å²) < 4.78 is 0. The second kappa shape index (κ2) is 6.77. The quantitative estimate of drug-likeness (QED) is 0.831. The number of rotatable bonds is 4. The summed E-state index contributed by atoms with van der Waals surface area (Å²) in [6.07, 6.45) is 6.03. The van der Waals surface area contributed by atoms with Crippen molar-refractivity contribution < 1.29 is 14.7 Å². The molecule has 120 valence electrons. The molecule has 0 bridgehead atoms. The molecular formula is C16H28N2O3. The summed E-state index contributed by atoms with van der Waals surface area (Å²) in [5.41, 5.74) is 0.259. The van der Waals surface area contributed by atoms with Crippen molar-refractivity contribution in [3.63, 3.8) is 0 Å². The number of hydrogen-bond acceptors (Lipinski definition) is 3. The van der Waals surface area contributed by atoms with Crippen LogP contribution in [0.3, 0.4) is 0 Å². The summed E-state index contributed by atoms with van der Waals surface area (Å²) in [5.74, 6) is -0.899. The van der Waals surface area contributed by atoms with E-state index in [-0.39, 0.29) is 17.2 Å². The Morgan fingerprint density at radius 1 is 1.19 bits per heavy atom. The first-order valence-electron chi connectivity index (χ1n) is 8.14. The molecule has 1 amide bonds. The van der Waals surface area contributed by atoms with Gasteiger partial charge in [-0.25, -0.2) is 0 Å². The maximum Gasteiger partial charge on any atom is 0.306 e. The lowest BCUT2D eigenvalue weighted by Crippen LogP contribution is -2.50. The molecule has 5 nitrogen and oxygen atoms in total. The minimum absolute atomic E-state index is 0.111. The van der Waals surface area contributed by atoms with Crippen LogP contribution in [0.4, 0.5) is 0 Å². The van der Waals surface area contributed by atoms with Crippen molar-refractivity contribution in [2.24, 2.45) is 11.3 Å². The Labute approximate surface area is 127 Å². The van der Waals surface area contributed by atoms with E-state index in [9.17, 15) is 9.59 Å². The maximum absolute atomic E-state index is 12.2.